The Morgan fingerprint density at radius 1 is 1.54 bits per heavy atom. The van der Waals surface area contributed by atoms with Crippen LogP contribution in [0.1, 0.15) is 18.2 Å². The summed E-state index contributed by atoms with van der Waals surface area (Å²) in [7, 11) is 0. The van der Waals surface area contributed by atoms with E-state index in [1.54, 1.807) is 0 Å². The van der Waals surface area contributed by atoms with E-state index in [1.165, 1.54) is 5.69 Å². The van der Waals surface area contributed by atoms with Gasteiger partial charge in [0.05, 0.1) is 0 Å². The molecule has 0 bridgehead atoms. The molecule has 3 nitrogen and oxygen atoms in total. The normalized spacial score (nSPS) is 10.9. The molecular weight excluding hydrogens is 162 g/mol. The third-order valence-corrected chi connectivity index (χ3v) is 2.25. The number of imidazole rings is 1. The van der Waals surface area contributed by atoms with Crippen molar-refractivity contribution in [2.45, 2.75) is 19.9 Å². The highest BCUT2D eigenvalue weighted by atomic mass is 15.0. The minimum Gasteiger partial charge on any atom is -0.326 e. The summed E-state index contributed by atoms with van der Waals surface area (Å²) in [5.41, 5.74) is 8.89. The SMILES string of the molecule is CCc1cnc2cc(CN)ccn12. The van der Waals surface area contributed by atoms with Crippen LogP contribution in [0.3, 0.4) is 0 Å². The smallest absolute Gasteiger partial charge is 0.137 e. The van der Waals surface area contributed by atoms with Crippen LogP contribution in [0, 0.1) is 0 Å². The molecule has 0 radical (unpaired) electrons. The molecule has 2 heterocycles. The van der Waals surface area contributed by atoms with E-state index < -0.39 is 0 Å². The first-order valence-electron chi connectivity index (χ1n) is 4.50. The molecular formula is C10H13N3. The van der Waals surface area contributed by atoms with Crippen LogP contribution in [0.25, 0.3) is 5.65 Å². The molecule has 2 aromatic heterocycles. The summed E-state index contributed by atoms with van der Waals surface area (Å²) in [6.45, 7) is 2.70. The molecule has 0 aromatic carbocycles. The molecule has 68 valence electrons. The molecule has 0 fully saturated rings. The summed E-state index contributed by atoms with van der Waals surface area (Å²) in [6.07, 6.45) is 4.95. The molecule has 2 aromatic rings. The Kier molecular flexibility index (Phi) is 2.02. The fourth-order valence-electron chi connectivity index (χ4n) is 1.46. The summed E-state index contributed by atoms with van der Waals surface area (Å²) in [5.74, 6) is 0. The topological polar surface area (TPSA) is 43.3 Å². The molecule has 0 unspecified atom stereocenters. The van der Waals surface area contributed by atoms with Gasteiger partial charge in [-0.3, -0.25) is 0 Å². The van der Waals surface area contributed by atoms with Crippen LogP contribution >= 0.6 is 0 Å². The van der Waals surface area contributed by atoms with Gasteiger partial charge in [0, 0.05) is 24.6 Å². The van der Waals surface area contributed by atoms with Crippen molar-refractivity contribution in [2.24, 2.45) is 5.73 Å². The summed E-state index contributed by atoms with van der Waals surface area (Å²) in [5, 5.41) is 0. The van der Waals surface area contributed by atoms with Crippen molar-refractivity contribution >= 4 is 5.65 Å². The Morgan fingerprint density at radius 2 is 2.38 bits per heavy atom. The largest absolute Gasteiger partial charge is 0.326 e. The van der Waals surface area contributed by atoms with Gasteiger partial charge in [-0.2, -0.15) is 0 Å². The molecule has 2 rings (SSSR count). The molecule has 0 aliphatic heterocycles. The molecule has 0 saturated heterocycles. The zero-order valence-corrected chi connectivity index (χ0v) is 7.70. The highest BCUT2D eigenvalue weighted by Gasteiger charge is 2.00. The van der Waals surface area contributed by atoms with Crippen molar-refractivity contribution in [3.8, 4) is 0 Å². The lowest BCUT2D eigenvalue weighted by Crippen LogP contribution is -1.98. The average molecular weight is 175 g/mol. The molecule has 3 heteroatoms. The Hall–Kier alpha value is -1.35. The predicted octanol–water partition coefficient (Wildman–Crippen LogP) is 1.36. The lowest BCUT2D eigenvalue weighted by atomic mass is 10.2. The first-order chi connectivity index (χ1) is 6.35. The quantitative estimate of drug-likeness (QED) is 0.748. The number of rotatable bonds is 2. The van der Waals surface area contributed by atoms with Crippen LogP contribution in [0.5, 0.6) is 0 Å². The van der Waals surface area contributed by atoms with Crippen molar-refractivity contribution in [3.63, 3.8) is 0 Å². The molecule has 0 amide bonds. The fraction of sp³-hybridized carbons (Fsp3) is 0.300. The standard InChI is InChI=1S/C10H13N3/c1-2-9-7-12-10-5-8(6-11)3-4-13(9)10/h3-5,7H,2,6,11H2,1H3. The maximum atomic E-state index is 5.54. The van der Waals surface area contributed by atoms with Gasteiger partial charge in [0.1, 0.15) is 5.65 Å². The summed E-state index contributed by atoms with van der Waals surface area (Å²) >= 11 is 0. The van der Waals surface area contributed by atoms with E-state index in [4.69, 9.17) is 5.73 Å². The number of fused-ring (bicyclic) bond motifs is 1. The van der Waals surface area contributed by atoms with E-state index in [9.17, 15) is 0 Å². The van der Waals surface area contributed by atoms with Crippen LogP contribution in [0.2, 0.25) is 0 Å². The van der Waals surface area contributed by atoms with E-state index in [-0.39, 0.29) is 0 Å². The Bertz CT molecular complexity index is 417. The van der Waals surface area contributed by atoms with Gasteiger partial charge in [-0.05, 0) is 24.1 Å². The highest BCUT2D eigenvalue weighted by molar-refractivity contribution is 5.43. The third-order valence-electron chi connectivity index (χ3n) is 2.25. The lowest BCUT2D eigenvalue weighted by Gasteiger charge is -2.00. The Balaban J connectivity index is 2.61. The van der Waals surface area contributed by atoms with Gasteiger partial charge in [-0.15, -0.1) is 0 Å². The summed E-state index contributed by atoms with van der Waals surface area (Å²) < 4.78 is 2.10. The van der Waals surface area contributed by atoms with Gasteiger partial charge < -0.3 is 10.1 Å². The minimum atomic E-state index is 0.574. The number of nitrogens with zero attached hydrogens (tertiary/aromatic N) is 2. The van der Waals surface area contributed by atoms with E-state index in [2.05, 4.69) is 16.3 Å². The maximum absolute atomic E-state index is 5.54. The summed E-state index contributed by atoms with van der Waals surface area (Å²) in [4.78, 5) is 4.31. The fourth-order valence-corrected chi connectivity index (χ4v) is 1.46. The Labute approximate surface area is 77.2 Å². The van der Waals surface area contributed by atoms with Crippen LogP contribution in [0.15, 0.2) is 24.5 Å². The number of aromatic nitrogens is 2. The molecule has 0 aliphatic carbocycles. The van der Waals surface area contributed by atoms with Crippen molar-refractivity contribution in [2.75, 3.05) is 0 Å². The van der Waals surface area contributed by atoms with E-state index >= 15 is 0 Å². The number of aryl methyl sites for hydroxylation is 1. The van der Waals surface area contributed by atoms with Crippen molar-refractivity contribution in [1.82, 2.24) is 9.38 Å². The van der Waals surface area contributed by atoms with Gasteiger partial charge in [0.25, 0.3) is 0 Å². The highest BCUT2D eigenvalue weighted by Crippen LogP contribution is 2.09. The molecule has 13 heavy (non-hydrogen) atoms. The second kappa shape index (κ2) is 3.18. The van der Waals surface area contributed by atoms with Gasteiger partial charge in [-0.25, -0.2) is 4.98 Å². The number of nitrogens with two attached hydrogens (primary N) is 1. The zero-order chi connectivity index (χ0) is 9.26. The monoisotopic (exact) mass is 175 g/mol. The van der Waals surface area contributed by atoms with Crippen LogP contribution in [-0.2, 0) is 13.0 Å². The van der Waals surface area contributed by atoms with Crippen LogP contribution < -0.4 is 5.73 Å². The first kappa shape index (κ1) is 8.26. The number of hydrogen-bond acceptors (Lipinski definition) is 2. The lowest BCUT2D eigenvalue weighted by molar-refractivity contribution is 0.981. The van der Waals surface area contributed by atoms with E-state index in [1.807, 2.05) is 24.5 Å². The summed E-state index contributed by atoms with van der Waals surface area (Å²) in [6, 6.07) is 4.06. The van der Waals surface area contributed by atoms with E-state index in [0.29, 0.717) is 6.54 Å². The number of hydrogen-bond donors (Lipinski definition) is 1. The Morgan fingerprint density at radius 3 is 3.08 bits per heavy atom. The molecule has 0 spiro atoms. The molecule has 0 atom stereocenters. The first-order valence-corrected chi connectivity index (χ1v) is 4.50. The van der Waals surface area contributed by atoms with E-state index in [0.717, 1.165) is 17.6 Å². The van der Waals surface area contributed by atoms with Gasteiger partial charge in [0.15, 0.2) is 0 Å². The average Bonchev–Trinajstić information content (AvgIpc) is 2.59. The van der Waals surface area contributed by atoms with Crippen LogP contribution in [-0.4, -0.2) is 9.38 Å². The van der Waals surface area contributed by atoms with Gasteiger partial charge >= 0.3 is 0 Å². The third kappa shape index (κ3) is 1.31. The number of pyridine rings is 1. The van der Waals surface area contributed by atoms with Gasteiger partial charge in [-0.1, -0.05) is 6.92 Å². The molecule has 0 saturated carbocycles. The maximum Gasteiger partial charge on any atom is 0.137 e. The van der Waals surface area contributed by atoms with Crippen molar-refractivity contribution in [1.29, 1.82) is 0 Å². The second-order valence-corrected chi connectivity index (χ2v) is 3.07. The van der Waals surface area contributed by atoms with Crippen molar-refractivity contribution in [3.05, 3.63) is 35.8 Å². The minimum absolute atomic E-state index is 0.574. The zero-order valence-electron chi connectivity index (χ0n) is 7.70. The van der Waals surface area contributed by atoms with Crippen molar-refractivity contribution < 1.29 is 0 Å². The second-order valence-electron chi connectivity index (χ2n) is 3.07. The molecule has 2 N–H and O–H groups in total. The molecule has 0 aliphatic rings. The predicted molar refractivity (Wildman–Crippen MR) is 52.5 cm³/mol. The van der Waals surface area contributed by atoms with Gasteiger partial charge in [0.2, 0.25) is 0 Å². The van der Waals surface area contributed by atoms with Crippen LogP contribution in [0.4, 0.5) is 0 Å².